The zero-order valence-corrected chi connectivity index (χ0v) is 12.4. The lowest BCUT2D eigenvalue weighted by molar-refractivity contribution is 0.131. The summed E-state index contributed by atoms with van der Waals surface area (Å²) in [7, 11) is 4.26. The molecule has 1 unspecified atom stereocenters. The van der Waals surface area contributed by atoms with E-state index in [1.807, 2.05) is 30.3 Å². The Bertz CT molecular complexity index is 457. The summed E-state index contributed by atoms with van der Waals surface area (Å²) in [5.41, 5.74) is 6.32. The van der Waals surface area contributed by atoms with E-state index < -0.39 is 5.54 Å². The van der Waals surface area contributed by atoms with Crippen LogP contribution in [-0.4, -0.2) is 49.6 Å². The van der Waals surface area contributed by atoms with Crippen LogP contribution in [0.5, 0.6) is 0 Å². The van der Waals surface area contributed by atoms with Crippen LogP contribution in [0.1, 0.15) is 18.4 Å². The van der Waals surface area contributed by atoms with Crippen molar-refractivity contribution in [1.29, 1.82) is 5.26 Å². The molecular weight excluding hydrogens is 248 g/mol. The molecule has 1 heterocycles. The number of nitrogens with two attached hydrogens (primary N) is 1. The third kappa shape index (κ3) is 3.37. The number of nitriles is 1. The molecule has 1 fully saturated rings. The van der Waals surface area contributed by atoms with Gasteiger partial charge in [-0.25, -0.2) is 0 Å². The zero-order valence-electron chi connectivity index (χ0n) is 12.4. The Kier molecular flexibility index (Phi) is 4.77. The lowest BCUT2D eigenvalue weighted by Gasteiger charge is -2.38. The summed E-state index contributed by atoms with van der Waals surface area (Å²) in [6.45, 7) is 2.63. The van der Waals surface area contributed by atoms with Gasteiger partial charge in [-0.2, -0.15) is 5.26 Å². The van der Waals surface area contributed by atoms with Crippen LogP contribution in [-0.2, 0) is 5.54 Å². The van der Waals surface area contributed by atoms with Crippen molar-refractivity contribution in [2.75, 3.05) is 33.7 Å². The molecule has 0 bridgehead atoms. The van der Waals surface area contributed by atoms with Crippen molar-refractivity contribution in [1.82, 2.24) is 9.80 Å². The molecule has 1 atom stereocenters. The second-order valence-electron chi connectivity index (χ2n) is 5.92. The van der Waals surface area contributed by atoms with Crippen LogP contribution in [0, 0.1) is 11.3 Å². The van der Waals surface area contributed by atoms with E-state index in [9.17, 15) is 5.26 Å². The maximum Gasteiger partial charge on any atom is 0.142 e. The zero-order chi connectivity index (χ0) is 14.6. The molecule has 4 heteroatoms. The van der Waals surface area contributed by atoms with E-state index in [1.165, 1.54) is 0 Å². The summed E-state index contributed by atoms with van der Waals surface area (Å²) < 4.78 is 0. The summed E-state index contributed by atoms with van der Waals surface area (Å²) in [6, 6.07) is 12.7. The van der Waals surface area contributed by atoms with E-state index in [1.54, 1.807) is 0 Å². The van der Waals surface area contributed by atoms with Gasteiger partial charge in [0.25, 0.3) is 0 Å². The minimum absolute atomic E-state index is 0.605. The first kappa shape index (κ1) is 15.0. The second-order valence-corrected chi connectivity index (χ2v) is 5.92. The first-order chi connectivity index (χ1) is 9.55. The molecule has 1 aliphatic heterocycles. The highest BCUT2D eigenvalue weighted by molar-refractivity contribution is 5.31. The van der Waals surface area contributed by atoms with Crippen LogP contribution in [0.2, 0.25) is 0 Å². The Balaban J connectivity index is 2.00. The van der Waals surface area contributed by atoms with E-state index in [-0.39, 0.29) is 0 Å². The van der Waals surface area contributed by atoms with Crippen LogP contribution in [0.15, 0.2) is 30.3 Å². The largest absolute Gasteiger partial charge is 0.309 e. The highest BCUT2D eigenvalue weighted by Crippen LogP contribution is 2.22. The van der Waals surface area contributed by atoms with Crippen LogP contribution in [0.4, 0.5) is 0 Å². The molecule has 4 nitrogen and oxygen atoms in total. The van der Waals surface area contributed by atoms with Crippen LogP contribution >= 0.6 is 0 Å². The van der Waals surface area contributed by atoms with Gasteiger partial charge in [0, 0.05) is 12.6 Å². The number of hydrogen-bond donors (Lipinski definition) is 1. The van der Waals surface area contributed by atoms with Crippen molar-refractivity contribution in [2.24, 2.45) is 5.73 Å². The van der Waals surface area contributed by atoms with Crippen LogP contribution in [0.25, 0.3) is 0 Å². The monoisotopic (exact) mass is 272 g/mol. The lowest BCUT2D eigenvalue weighted by atomic mass is 9.91. The van der Waals surface area contributed by atoms with Crippen molar-refractivity contribution in [3.63, 3.8) is 0 Å². The van der Waals surface area contributed by atoms with Crippen LogP contribution < -0.4 is 5.73 Å². The molecule has 20 heavy (non-hydrogen) atoms. The Hall–Kier alpha value is -1.41. The molecule has 0 radical (unpaired) electrons. The molecule has 1 aliphatic rings. The average molecular weight is 272 g/mol. The fraction of sp³-hybridized carbons (Fsp3) is 0.562. The van der Waals surface area contributed by atoms with Gasteiger partial charge < -0.3 is 10.6 Å². The molecule has 1 aromatic rings. The number of benzene rings is 1. The first-order valence-corrected chi connectivity index (χ1v) is 7.19. The molecule has 1 aromatic carbocycles. The Labute approximate surface area is 121 Å². The summed E-state index contributed by atoms with van der Waals surface area (Å²) in [4.78, 5) is 4.60. The number of piperidine rings is 1. The van der Waals surface area contributed by atoms with Crippen molar-refractivity contribution in [2.45, 2.75) is 24.4 Å². The van der Waals surface area contributed by atoms with Crippen molar-refractivity contribution < 1.29 is 0 Å². The molecular formula is C16H24N4. The Morgan fingerprint density at radius 2 is 1.90 bits per heavy atom. The van der Waals surface area contributed by atoms with Gasteiger partial charge in [-0.3, -0.25) is 4.90 Å². The van der Waals surface area contributed by atoms with Crippen molar-refractivity contribution in [3.05, 3.63) is 35.9 Å². The number of rotatable bonds is 4. The van der Waals surface area contributed by atoms with Gasteiger partial charge in [-0.15, -0.1) is 0 Å². The van der Waals surface area contributed by atoms with E-state index in [2.05, 4.69) is 30.0 Å². The molecule has 0 amide bonds. The van der Waals surface area contributed by atoms with Crippen molar-refractivity contribution in [3.8, 4) is 6.07 Å². The number of nitrogens with zero attached hydrogens (tertiary/aromatic N) is 3. The molecule has 0 aromatic heterocycles. The summed E-state index contributed by atoms with van der Waals surface area (Å²) in [6.07, 6.45) is 2.28. The molecule has 0 spiro atoms. The topological polar surface area (TPSA) is 56.3 Å². The highest BCUT2D eigenvalue weighted by atomic mass is 15.2. The average Bonchev–Trinajstić information content (AvgIpc) is 2.48. The Morgan fingerprint density at radius 1 is 1.30 bits per heavy atom. The van der Waals surface area contributed by atoms with Gasteiger partial charge in [-0.1, -0.05) is 30.3 Å². The molecule has 108 valence electrons. The van der Waals surface area contributed by atoms with Gasteiger partial charge in [0.1, 0.15) is 5.54 Å². The molecule has 0 saturated carbocycles. The molecule has 0 aliphatic carbocycles. The SMILES string of the molecule is CN(C)C1CCN(CC(N)(C#N)c2ccccc2)CC1. The van der Waals surface area contributed by atoms with E-state index in [0.717, 1.165) is 31.5 Å². The third-order valence-electron chi connectivity index (χ3n) is 4.25. The van der Waals surface area contributed by atoms with Gasteiger partial charge in [0.15, 0.2) is 0 Å². The summed E-state index contributed by atoms with van der Waals surface area (Å²) in [5, 5.41) is 9.50. The van der Waals surface area contributed by atoms with Gasteiger partial charge in [0.05, 0.1) is 6.07 Å². The van der Waals surface area contributed by atoms with Crippen molar-refractivity contribution >= 4 is 0 Å². The molecule has 2 rings (SSSR count). The highest BCUT2D eigenvalue weighted by Gasteiger charge is 2.31. The van der Waals surface area contributed by atoms with Crippen LogP contribution in [0.3, 0.4) is 0 Å². The minimum atomic E-state index is -0.911. The van der Waals surface area contributed by atoms with Gasteiger partial charge in [-0.05, 0) is 45.6 Å². The normalized spacial score (nSPS) is 20.6. The maximum atomic E-state index is 9.50. The third-order valence-corrected chi connectivity index (χ3v) is 4.25. The first-order valence-electron chi connectivity index (χ1n) is 7.19. The lowest BCUT2D eigenvalue weighted by Crippen LogP contribution is -2.50. The second kappa shape index (κ2) is 6.36. The number of hydrogen-bond acceptors (Lipinski definition) is 4. The quantitative estimate of drug-likeness (QED) is 0.900. The predicted molar refractivity (Wildman–Crippen MR) is 81.1 cm³/mol. The summed E-state index contributed by atoms with van der Waals surface area (Å²) >= 11 is 0. The summed E-state index contributed by atoms with van der Waals surface area (Å²) in [5.74, 6) is 0. The number of likely N-dealkylation sites (tertiary alicyclic amines) is 1. The smallest absolute Gasteiger partial charge is 0.142 e. The standard InChI is InChI=1S/C16H24N4/c1-19(2)15-8-10-20(11-9-15)13-16(18,12-17)14-6-4-3-5-7-14/h3-7,15H,8-11,13,18H2,1-2H3. The fourth-order valence-electron chi connectivity index (χ4n) is 2.87. The Morgan fingerprint density at radius 3 is 2.40 bits per heavy atom. The van der Waals surface area contributed by atoms with E-state index in [0.29, 0.717) is 12.6 Å². The minimum Gasteiger partial charge on any atom is -0.309 e. The fourth-order valence-corrected chi connectivity index (χ4v) is 2.87. The van der Waals surface area contributed by atoms with E-state index in [4.69, 9.17) is 5.73 Å². The maximum absolute atomic E-state index is 9.50. The molecule has 2 N–H and O–H groups in total. The predicted octanol–water partition coefficient (Wildman–Crippen LogP) is 1.39. The van der Waals surface area contributed by atoms with E-state index >= 15 is 0 Å². The molecule has 1 saturated heterocycles. The van der Waals surface area contributed by atoms with Gasteiger partial charge in [0.2, 0.25) is 0 Å². The van der Waals surface area contributed by atoms with Gasteiger partial charge >= 0.3 is 0 Å².